The van der Waals surface area contributed by atoms with Gasteiger partial charge in [0.1, 0.15) is 17.1 Å². The smallest absolute Gasteiger partial charge is 0.251 e. The Labute approximate surface area is 236 Å². The maximum absolute atomic E-state index is 13.6. The molecule has 2 unspecified atom stereocenters. The first-order valence-corrected chi connectivity index (χ1v) is 14.4. The van der Waals surface area contributed by atoms with E-state index in [1.807, 2.05) is 45.9 Å². The fourth-order valence-electron chi connectivity index (χ4n) is 5.98. The molecule has 9 heteroatoms. The summed E-state index contributed by atoms with van der Waals surface area (Å²) in [5, 5.41) is 3.24. The highest BCUT2D eigenvalue weighted by Gasteiger charge is 2.38. The van der Waals surface area contributed by atoms with Crippen LogP contribution in [0.25, 0.3) is 0 Å². The lowest BCUT2D eigenvalue weighted by molar-refractivity contribution is -0.130. The van der Waals surface area contributed by atoms with E-state index in [-0.39, 0.29) is 35.9 Å². The van der Waals surface area contributed by atoms with Gasteiger partial charge < -0.3 is 25.3 Å². The summed E-state index contributed by atoms with van der Waals surface area (Å²) >= 11 is 0. The van der Waals surface area contributed by atoms with Crippen molar-refractivity contribution in [3.05, 3.63) is 58.7 Å². The number of hydrogen-bond acceptors (Lipinski definition) is 7. The van der Waals surface area contributed by atoms with Crippen LogP contribution in [0.2, 0.25) is 0 Å². The molecule has 0 saturated carbocycles. The Morgan fingerprint density at radius 2 is 1.82 bits per heavy atom. The Bertz CT molecular complexity index is 1310. The lowest BCUT2D eigenvalue weighted by Gasteiger charge is -2.38. The number of benzene rings is 2. The fraction of sp³-hybridized carbons (Fsp3) is 0.516. The molecule has 0 aromatic heterocycles. The normalized spacial score (nSPS) is 25.4. The average molecular weight is 549 g/mol. The Balaban J connectivity index is 0.00000158. The number of hydrogen-bond donors (Lipinski definition) is 2. The summed E-state index contributed by atoms with van der Waals surface area (Å²) < 4.78 is 18.1. The van der Waals surface area contributed by atoms with Crippen molar-refractivity contribution in [1.82, 2.24) is 10.2 Å². The number of amides is 2. The van der Waals surface area contributed by atoms with Crippen LogP contribution in [0.5, 0.6) is 11.5 Å². The van der Waals surface area contributed by atoms with Gasteiger partial charge >= 0.3 is 0 Å². The molecule has 7 rings (SSSR count). The molecule has 6 bridgehead atoms. The second-order valence-corrected chi connectivity index (χ2v) is 11.2. The van der Waals surface area contributed by atoms with Crippen LogP contribution in [-0.2, 0) is 16.1 Å². The van der Waals surface area contributed by atoms with Gasteiger partial charge in [0.15, 0.2) is 5.96 Å². The molecular formula is C31H40N4O5. The van der Waals surface area contributed by atoms with Gasteiger partial charge in [0.2, 0.25) is 5.91 Å². The lowest BCUT2D eigenvalue weighted by Crippen LogP contribution is -2.50. The van der Waals surface area contributed by atoms with Gasteiger partial charge in [-0.05, 0) is 62.6 Å². The lowest BCUT2D eigenvalue weighted by atomic mass is 9.88. The quantitative estimate of drug-likeness (QED) is 0.489. The van der Waals surface area contributed by atoms with Crippen molar-refractivity contribution in [2.24, 2.45) is 10.7 Å². The van der Waals surface area contributed by atoms with Crippen LogP contribution in [0.1, 0.15) is 98.9 Å². The summed E-state index contributed by atoms with van der Waals surface area (Å²) in [6.07, 6.45) is 3.00. The number of aliphatic imine (C=N–C) groups is 1. The van der Waals surface area contributed by atoms with Crippen LogP contribution in [0, 0.1) is 0 Å². The monoisotopic (exact) mass is 548 g/mol. The van der Waals surface area contributed by atoms with Gasteiger partial charge in [-0.1, -0.05) is 19.9 Å². The molecule has 5 heterocycles. The minimum atomic E-state index is -0.434. The van der Waals surface area contributed by atoms with Crippen LogP contribution in [-0.4, -0.2) is 47.5 Å². The standard InChI is InChI=1S/C29H34N4O5.C2H6/c1-29(2)15-22-20-12-17(5-7-25(20)38-29)16-36-10-3-4-19-14-26(34)33(28(30)31-19)23-9-11-37-24-8-6-18(13-21(23)24)27(35)32-22;1-2/h5-8,12-13,19,22-23H,3-4,9-11,14-16H2,1-2H3,(H2,30,31)(H,32,35);1-2H3/t19?,22?,23-;/m1./s1. The van der Waals surface area contributed by atoms with Gasteiger partial charge in [-0.3, -0.25) is 14.5 Å². The van der Waals surface area contributed by atoms with Crippen molar-refractivity contribution >= 4 is 17.8 Å². The van der Waals surface area contributed by atoms with E-state index in [1.54, 1.807) is 17.0 Å². The zero-order valence-corrected chi connectivity index (χ0v) is 23.9. The van der Waals surface area contributed by atoms with Crippen molar-refractivity contribution in [2.45, 2.75) is 90.1 Å². The van der Waals surface area contributed by atoms with Crippen molar-refractivity contribution in [3.63, 3.8) is 0 Å². The summed E-state index contributed by atoms with van der Waals surface area (Å²) in [6, 6.07) is 10.7. The average Bonchev–Trinajstić information content (AvgIpc) is 2.93. The van der Waals surface area contributed by atoms with E-state index in [0.717, 1.165) is 35.3 Å². The molecule has 0 fully saturated rings. The largest absolute Gasteiger partial charge is 0.493 e. The highest BCUT2D eigenvalue weighted by Crippen LogP contribution is 2.41. The number of nitrogens with two attached hydrogens (primary N) is 1. The maximum Gasteiger partial charge on any atom is 0.251 e. The number of nitrogens with one attached hydrogen (secondary N) is 1. The molecule has 0 aliphatic carbocycles. The number of carbonyl (C=O) groups is 2. The van der Waals surface area contributed by atoms with Crippen LogP contribution >= 0.6 is 0 Å². The SMILES string of the molecule is CC.CC1(C)CC2NC(=O)c3ccc4c(c3)[C@@H](CCO4)N3C(=O)CC(CCCOCc4ccc(c2c4)O1)N=C3N. The fourth-order valence-corrected chi connectivity index (χ4v) is 5.98. The summed E-state index contributed by atoms with van der Waals surface area (Å²) in [4.78, 5) is 33.1. The van der Waals surface area contributed by atoms with E-state index < -0.39 is 5.60 Å². The molecule has 9 nitrogen and oxygen atoms in total. The van der Waals surface area contributed by atoms with E-state index in [9.17, 15) is 9.59 Å². The Morgan fingerprint density at radius 3 is 2.62 bits per heavy atom. The number of carbonyl (C=O) groups excluding carboxylic acids is 2. The Hall–Kier alpha value is -3.59. The maximum atomic E-state index is 13.6. The number of rotatable bonds is 0. The zero-order chi connectivity index (χ0) is 28.4. The molecule has 5 aliphatic rings. The molecule has 0 saturated heterocycles. The van der Waals surface area contributed by atoms with E-state index >= 15 is 0 Å². The molecule has 214 valence electrons. The number of ether oxygens (including phenoxy) is 3. The first kappa shape index (κ1) is 28.0. The van der Waals surface area contributed by atoms with Crippen LogP contribution in [0.15, 0.2) is 41.4 Å². The molecule has 40 heavy (non-hydrogen) atoms. The van der Waals surface area contributed by atoms with Crippen LogP contribution < -0.4 is 20.5 Å². The van der Waals surface area contributed by atoms with E-state index in [2.05, 4.69) is 16.4 Å². The number of fused-ring (bicyclic) bond motifs is 6. The van der Waals surface area contributed by atoms with Crippen molar-refractivity contribution in [1.29, 1.82) is 0 Å². The predicted octanol–water partition coefficient (Wildman–Crippen LogP) is 4.79. The summed E-state index contributed by atoms with van der Waals surface area (Å²) in [5.74, 6) is 1.41. The molecule has 3 atom stereocenters. The molecule has 3 N–H and O–H groups in total. The summed E-state index contributed by atoms with van der Waals surface area (Å²) in [7, 11) is 0. The third kappa shape index (κ3) is 5.66. The van der Waals surface area contributed by atoms with E-state index in [0.29, 0.717) is 50.4 Å². The van der Waals surface area contributed by atoms with Gasteiger partial charge in [-0.2, -0.15) is 0 Å². The van der Waals surface area contributed by atoms with Gasteiger partial charge in [-0.15, -0.1) is 0 Å². The first-order valence-electron chi connectivity index (χ1n) is 14.4. The predicted molar refractivity (Wildman–Crippen MR) is 152 cm³/mol. The third-order valence-electron chi connectivity index (χ3n) is 7.76. The van der Waals surface area contributed by atoms with E-state index in [1.165, 1.54) is 0 Å². The molecule has 5 aliphatic heterocycles. The minimum absolute atomic E-state index is 0.0537. The summed E-state index contributed by atoms with van der Waals surface area (Å²) in [6.45, 7) is 9.52. The Morgan fingerprint density at radius 1 is 1.02 bits per heavy atom. The van der Waals surface area contributed by atoms with Gasteiger partial charge in [0.05, 0.1) is 31.3 Å². The number of nitrogens with zero attached hydrogens (tertiary/aromatic N) is 2. The molecule has 2 amide bonds. The molecule has 2 aromatic rings. The zero-order valence-electron chi connectivity index (χ0n) is 23.9. The molecule has 2 aromatic carbocycles. The summed E-state index contributed by atoms with van der Waals surface area (Å²) in [5.41, 5.74) is 9.17. The molecule has 0 spiro atoms. The van der Waals surface area contributed by atoms with Crippen molar-refractivity contribution in [3.8, 4) is 11.5 Å². The third-order valence-corrected chi connectivity index (χ3v) is 7.76. The second-order valence-electron chi connectivity index (χ2n) is 11.2. The highest BCUT2D eigenvalue weighted by atomic mass is 16.5. The first-order chi connectivity index (χ1) is 19.3. The topological polar surface area (TPSA) is 115 Å². The van der Waals surface area contributed by atoms with Crippen LogP contribution in [0.3, 0.4) is 0 Å². The number of guanidine groups is 1. The van der Waals surface area contributed by atoms with Crippen LogP contribution in [0.4, 0.5) is 0 Å². The minimum Gasteiger partial charge on any atom is -0.493 e. The molecule has 0 radical (unpaired) electrons. The Kier molecular flexibility index (Phi) is 8.03. The molecular weight excluding hydrogens is 508 g/mol. The van der Waals surface area contributed by atoms with Gasteiger partial charge in [0, 0.05) is 42.6 Å². The van der Waals surface area contributed by atoms with Crippen molar-refractivity contribution in [2.75, 3.05) is 13.2 Å². The van der Waals surface area contributed by atoms with Gasteiger partial charge in [0.25, 0.3) is 5.91 Å². The van der Waals surface area contributed by atoms with E-state index in [4.69, 9.17) is 19.9 Å². The van der Waals surface area contributed by atoms with Gasteiger partial charge in [-0.25, -0.2) is 4.99 Å². The van der Waals surface area contributed by atoms with Crippen molar-refractivity contribution < 1.29 is 23.8 Å². The highest BCUT2D eigenvalue weighted by molar-refractivity contribution is 5.99. The second kappa shape index (κ2) is 11.5.